The molecule has 12 nitrogen and oxygen atoms in total. The van der Waals surface area contributed by atoms with Crippen LogP contribution in [0.3, 0.4) is 0 Å². The zero-order valence-electron chi connectivity index (χ0n) is 22.4. The Labute approximate surface area is 223 Å². The molecule has 5 rings (SSSR count). The number of hydrogen-bond acceptors (Lipinski definition) is 10. The van der Waals surface area contributed by atoms with Crippen molar-refractivity contribution in [3.8, 4) is 11.7 Å². The van der Waals surface area contributed by atoms with Gasteiger partial charge < -0.3 is 24.8 Å². The average Bonchev–Trinajstić information content (AvgIpc) is 3.29. The van der Waals surface area contributed by atoms with E-state index in [0.29, 0.717) is 25.6 Å². The molecule has 0 saturated carbocycles. The monoisotopic (exact) mass is 520 g/mol. The fourth-order valence-corrected chi connectivity index (χ4v) is 4.98. The van der Waals surface area contributed by atoms with E-state index in [1.54, 1.807) is 6.33 Å². The molecule has 2 fully saturated rings. The summed E-state index contributed by atoms with van der Waals surface area (Å²) >= 11 is 0. The molecule has 2 aliphatic heterocycles. The first-order valence-corrected chi connectivity index (χ1v) is 13.2. The summed E-state index contributed by atoms with van der Waals surface area (Å²) in [6, 6.07) is 5.82. The third kappa shape index (κ3) is 6.18. The molecule has 12 heteroatoms. The number of aromatic nitrogens is 6. The summed E-state index contributed by atoms with van der Waals surface area (Å²) in [5, 5.41) is 7.55. The molecule has 1 N–H and O–H groups in total. The number of nitrogens with zero attached hydrogens (tertiary/aromatic N) is 9. The molecular weight excluding hydrogens is 484 g/mol. The Kier molecular flexibility index (Phi) is 7.97. The summed E-state index contributed by atoms with van der Waals surface area (Å²) < 4.78 is 7.63. The Balaban J connectivity index is 1.11. The minimum atomic E-state index is -0.112. The molecule has 1 atom stereocenters. The van der Waals surface area contributed by atoms with E-state index in [-0.39, 0.29) is 11.8 Å². The number of aryl methyl sites for hydroxylation is 2. The lowest BCUT2D eigenvalue weighted by molar-refractivity contribution is -0.125. The smallest absolute Gasteiger partial charge is 0.225 e. The summed E-state index contributed by atoms with van der Waals surface area (Å²) in [5.41, 5.74) is 1.96. The number of piperidine rings is 1. The van der Waals surface area contributed by atoms with Crippen LogP contribution in [-0.2, 0) is 4.79 Å². The number of anilines is 2. The maximum atomic E-state index is 12.9. The molecule has 202 valence electrons. The molecule has 1 amide bonds. The van der Waals surface area contributed by atoms with Gasteiger partial charge in [0.05, 0.1) is 18.2 Å². The second-order valence-electron chi connectivity index (χ2n) is 10.0. The number of likely N-dealkylation sites (N-methyl/N-ethyl adjacent to an activating group) is 1. The summed E-state index contributed by atoms with van der Waals surface area (Å²) in [7, 11) is 2.13. The number of nitrogens with one attached hydrogen (secondary N) is 1. The van der Waals surface area contributed by atoms with Crippen molar-refractivity contribution in [2.45, 2.75) is 26.7 Å². The van der Waals surface area contributed by atoms with Crippen molar-refractivity contribution in [2.24, 2.45) is 5.92 Å². The molecule has 1 unspecified atom stereocenters. The largest absolute Gasteiger partial charge is 0.476 e. The van der Waals surface area contributed by atoms with Gasteiger partial charge in [-0.2, -0.15) is 5.10 Å². The van der Waals surface area contributed by atoms with Crippen LogP contribution < -0.4 is 19.9 Å². The van der Waals surface area contributed by atoms with Crippen LogP contribution in [0.4, 0.5) is 11.6 Å². The Bertz CT molecular complexity index is 1240. The number of rotatable bonds is 8. The molecule has 0 bridgehead atoms. The number of carbonyl (C=O) groups excluding carboxylic acids is 1. The quantitative estimate of drug-likeness (QED) is 0.435. The van der Waals surface area contributed by atoms with E-state index in [2.05, 4.69) is 52.1 Å². The molecule has 5 heterocycles. The lowest BCUT2D eigenvalue weighted by atomic mass is 9.97. The van der Waals surface area contributed by atoms with Gasteiger partial charge in [-0.3, -0.25) is 4.79 Å². The van der Waals surface area contributed by atoms with Gasteiger partial charge in [0.2, 0.25) is 11.8 Å². The third-order valence-corrected chi connectivity index (χ3v) is 7.09. The van der Waals surface area contributed by atoms with E-state index in [9.17, 15) is 4.79 Å². The maximum Gasteiger partial charge on any atom is 0.225 e. The second-order valence-corrected chi connectivity index (χ2v) is 10.0. The van der Waals surface area contributed by atoms with Gasteiger partial charge in [-0.15, -0.1) is 0 Å². The molecule has 3 aromatic rings. The van der Waals surface area contributed by atoms with Gasteiger partial charge in [-0.25, -0.2) is 24.6 Å². The van der Waals surface area contributed by atoms with Crippen molar-refractivity contribution < 1.29 is 9.53 Å². The van der Waals surface area contributed by atoms with Crippen LogP contribution in [0.15, 0.2) is 30.9 Å². The highest BCUT2D eigenvalue weighted by atomic mass is 16.5. The van der Waals surface area contributed by atoms with E-state index in [0.717, 1.165) is 74.4 Å². The minimum Gasteiger partial charge on any atom is -0.476 e. The second kappa shape index (κ2) is 11.7. The third-order valence-electron chi connectivity index (χ3n) is 7.09. The fraction of sp³-hybridized carbons (Fsp3) is 0.538. The van der Waals surface area contributed by atoms with Gasteiger partial charge in [0.15, 0.2) is 5.82 Å². The van der Waals surface area contributed by atoms with Crippen LogP contribution in [0.5, 0.6) is 5.88 Å². The van der Waals surface area contributed by atoms with E-state index in [1.165, 1.54) is 6.33 Å². The number of piperazine rings is 1. The van der Waals surface area contributed by atoms with E-state index in [1.807, 2.05) is 36.7 Å². The maximum absolute atomic E-state index is 12.9. The van der Waals surface area contributed by atoms with Gasteiger partial charge in [-0.05, 0) is 39.8 Å². The first kappa shape index (κ1) is 25.8. The van der Waals surface area contributed by atoms with Crippen molar-refractivity contribution in [1.29, 1.82) is 0 Å². The zero-order chi connectivity index (χ0) is 26.5. The summed E-state index contributed by atoms with van der Waals surface area (Å²) in [6.45, 7) is 10.1. The van der Waals surface area contributed by atoms with Crippen molar-refractivity contribution in [3.63, 3.8) is 0 Å². The lowest BCUT2D eigenvalue weighted by Crippen LogP contribution is -2.44. The van der Waals surface area contributed by atoms with E-state index >= 15 is 0 Å². The normalized spacial score (nSPS) is 18.4. The molecule has 3 aromatic heterocycles. The van der Waals surface area contributed by atoms with Gasteiger partial charge in [0.25, 0.3) is 0 Å². The molecule has 2 saturated heterocycles. The first-order chi connectivity index (χ1) is 18.5. The standard InChI is InChI=1S/C26H36N10O2/c1-19-13-20(2)36(32-19)24-14-22(28-17-30-24)35-7-4-5-21(16-35)26(37)27-6-12-38-25-15-23(29-18-31-25)34-10-8-33(3)9-11-34/h13-15,17-18,21H,4-12,16H2,1-3H3,(H,27,37). The van der Waals surface area contributed by atoms with E-state index < -0.39 is 0 Å². The van der Waals surface area contributed by atoms with Crippen molar-refractivity contribution in [3.05, 3.63) is 42.2 Å². The number of amides is 1. The van der Waals surface area contributed by atoms with Crippen LogP contribution >= 0.6 is 0 Å². The molecule has 0 radical (unpaired) electrons. The predicted octanol–water partition coefficient (Wildman–Crippen LogP) is 1.23. The Morgan fingerprint density at radius 2 is 1.68 bits per heavy atom. The summed E-state index contributed by atoms with van der Waals surface area (Å²) in [4.78, 5) is 37.1. The Hall–Kier alpha value is -3.80. The van der Waals surface area contributed by atoms with Crippen LogP contribution in [0.1, 0.15) is 24.2 Å². The molecule has 2 aliphatic rings. The van der Waals surface area contributed by atoms with Crippen LogP contribution in [0, 0.1) is 19.8 Å². The summed E-state index contributed by atoms with van der Waals surface area (Å²) in [5.74, 6) is 2.85. The van der Waals surface area contributed by atoms with Crippen LogP contribution in [0.2, 0.25) is 0 Å². The van der Waals surface area contributed by atoms with Crippen molar-refractivity contribution >= 4 is 17.5 Å². The molecule has 0 aliphatic carbocycles. The van der Waals surface area contributed by atoms with Gasteiger partial charge >= 0.3 is 0 Å². The van der Waals surface area contributed by atoms with E-state index in [4.69, 9.17) is 4.74 Å². The van der Waals surface area contributed by atoms with Gasteiger partial charge in [0, 0.05) is 57.1 Å². The van der Waals surface area contributed by atoms with Crippen molar-refractivity contribution in [2.75, 3.05) is 69.3 Å². The highest BCUT2D eigenvalue weighted by Crippen LogP contribution is 2.23. The van der Waals surface area contributed by atoms with Crippen LogP contribution in [0.25, 0.3) is 5.82 Å². The minimum absolute atomic E-state index is 0.0342. The first-order valence-electron chi connectivity index (χ1n) is 13.2. The number of ether oxygens (including phenoxy) is 1. The topological polar surface area (TPSA) is 117 Å². The highest BCUT2D eigenvalue weighted by molar-refractivity contribution is 5.79. The van der Waals surface area contributed by atoms with Crippen LogP contribution in [-0.4, -0.2) is 100.0 Å². The SMILES string of the molecule is Cc1cc(C)n(-c2cc(N3CCCC(C(=O)NCCOc4cc(N5CCN(C)CC5)ncn4)C3)ncn2)n1. The highest BCUT2D eigenvalue weighted by Gasteiger charge is 2.27. The Morgan fingerprint density at radius 1 is 0.947 bits per heavy atom. The Morgan fingerprint density at radius 3 is 2.45 bits per heavy atom. The summed E-state index contributed by atoms with van der Waals surface area (Å²) in [6.07, 6.45) is 4.86. The average molecular weight is 521 g/mol. The van der Waals surface area contributed by atoms with Crippen molar-refractivity contribution in [1.82, 2.24) is 39.9 Å². The van der Waals surface area contributed by atoms with Gasteiger partial charge in [0.1, 0.15) is 30.9 Å². The molecule has 0 spiro atoms. The fourth-order valence-electron chi connectivity index (χ4n) is 4.98. The molecule has 38 heavy (non-hydrogen) atoms. The number of hydrogen-bond donors (Lipinski definition) is 1. The van der Waals surface area contributed by atoms with Gasteiger partial charge in [-0.1, -0.05) is 0 Å². The molecule has 0 aromatic carbocycles. The molecular formula is C26H36N10O2. The predicted molar refractivity (Wildman–Crippen MR) is 144 cm³/mol. The zero-order valence-corrected chi connectivity index (χ0v) is 22.4. The number of carbonyl (C=O) groups is 1. The lowest BCUT2D eigenvalue weighted by Gasteiger charge is -2.33.